The Morgan fingerprint density at radius 3 is 2.75 bits per heavy atom. The molecule has 2 aromatic rings. The second-order valence-corrected chi connectivity index (χ2v) is 6.81. The van der Waals surface area contributed by atoms with Crippen molar-refractivity contribution in [1.82, 2.24) is 9.97 Å². The molecule has 0 spiro atoms. The van der Waals surface area contributed by atoms with Crippen molar-refractivity contribution in [2.45, 2.75) is 32.3 Å². The Hall–Kier alpha value is -1.44. The number of aryl methyl sites for hydroxylation is 1. The van der Waals surface area contributed by atoms with E-state index in [-0.39, 0.29) is 0 Å². The first kappa shape index (κ1) is 13.5. The first-order valence-electron chi connectivity index (χ1n) is 6.71. The van der Waals surface area contributed by atoms with Gasteiger partial charge in [-0.15, -0.1) is 11.3 Å². The molecule has 2 aromatic heterocycles. The van der Waals surface area contributed by atoms with Crippen LogP contribution in [0.4, 0.5) is 11.8 Å². The maximum atomic E-state index is 10.1. The molecule has 7 heteroatoms. The number of hydrazine groups is 1. The average Bonchev–Trinajstić information content (AvgIpc) is 2.78. The predicted molar refractivity (Wildman–Crippen MR) is 82.0 cm³/mol. The van der Waals surface area contributed by atoms with Gasteiger partial charge in [0.15, 0.2) is 0 Å². The van der Waals surface area contributed by atoms with Crippen LogP contribution in [0.3, 0.4) is 0 Å². The van der Waals surface area contributed by atoms with E-state index in [4.69, 9.17) is 5.84 Å². The van der Waals surface area contributed by atoms with Crippen molar-refractivity contribution in [2.24, 2.45) is 5.84 Å². The minimum absolute atomic E-state index is 0.437. The van der Waals surface area contributed by atoms with Crippen LogP contribution in [0.1, 0.15) is 24.6 Å². The lowest BCUT2D eigenvalue weighted by Gasteiger charge is -2.36. The molecule has 0 atom stereocenters. The van der Waals surface area contributed by atoms with Gasteiger partial charge in [-0.1, -0.05) is 0 Å². The number of anilines is 2. The lowest BCUT2D eigenvalue weighted by molar-refractivity contribution is 0.0350. The number of nitrogens with one attached hydrogen (secondary N) is 1. The van der Waals surface area contributed by atoms with Crippen LogP contribution >= 0.6 is 11.3 Å². The van der Waals surface area contributed by atoms with E-state index in [1.165, 1.54) is 4.88 Å². The molecule has 1 aliphatic heterocycles. The van der Waals surface area contributed by atoms with Gasteiger partial charge in [-0.25, -0.2) is 10.8 Å². The fourth-order valence-electron chi connectivity index (χ4n) is 2.53. The summed E-state index contributed by atoms with van der Waals surface area (Å²) in [5.41, 5.74) is 1.97. The standard InChI is InChI=1S/C13H19N5OS/c1-8-7-9-10(15-12(17-14)16-11(9)20-8)18-5-3-13(2,19)4-6-18/h7,19H,3-6,14H2,1-2H3,(H,15,16,17). The number of aliphatic hydroxyl groups is 1. The van der Waals surface area contributed by atoms with Crippen molar-refractivity contribution in [1.29, 1.82) is 0 Å². The van der Waals surface area contributed by atoms with Crippen LogP contribution in [0.2, 0.25) is 0 Å². The largest absolute Gasteiger partial charge is 0.390 e. The Kier molecular flexibility index (Phi) is 3.27. The van der Waals surface area contributed by atoms with Crippen molar-refractivity contribution in [3.05, 3.63) is 10.9 Å². The van der Waals surface area contributed by atoms with Gasteiger partial charge in [-0.3, -0.25) is 5.43 Å². The number of fused-ring (bicyclic) bond motifs is 1. The normalized spacial score (nSPS) is 18.5. The Morgan fingerprint density at radius 2 is 2.10 bits per heavy atom. The van der Waals surface area contributed by atoms with Crippen molar-refractivity contribution in [3.63, 3.8) is 0 Å². The summed E-state index contributed by atoms with van der Waals surface area (Å²) >= 11 is 1.64. The van der Waals surface area contributed by atoms with Gasteiger partial charge in [-0.2, -0.15) is 4.98 Å². The van der Waals surface area contributed by atoms with E-state index < -0.39 is 5.60 Å². The number of aromatic nitrogens is 2. The second kappa shape index (κ2) is 4.83. The fourth-order valence-corrected chi connectivity index (χ4v) is 3.41. The van der Waals surface area contributed by atoms with E-state index in [9.17, 15) is 5.11 Å². The van der Waals surface area contributed by atoms with E-state index in [1.807, 2.05) is 6.92 Å². The molecule has 3 heterocycles. The maximum absolute atomic E-state index is 10.1. The van der Waals surface area contributed by atoms with Gasteiger partial charge in [0.1, 0.15) is 10.6 Å². The first-order valence-corrected chi connectivity index (χ1v) is 7.52. The molecule has 108 valence electrons. The molecule has 3 rings (SSSR count). The van der Waals surface area contributed by atoms with E-state index in [0.29, 0.717) is 5.95 Å². The molecule has 0 saturated carbocycles. The van der Waals surface area contributed by atoms with Crippen LogP contribution in [0.25, 0.3) is 10.2 Å². The highest BCUT2D eigenvalue weighted by Crippen LogP contribution is 2.34. The molecular formula is C13H19N5OS. The number of nitrogens with zero attached hydrogens (tertiary/aromatic N) is 3. The molecular weight excluding hydrogens is 274 g/mol. The number of hydrogen-bond acceptors (Lipinski definition) is 7. The van der Waals surface area contributed by atoms with E-state index in [0.717, 1.165) is 42.0 Å². The van der Waals surface area contributed by atoms with Gasteiger partial charge >= 0.3 is 0 Å². The Morgan fingerprint density at radius 1 is 1.40 bits per heavy atom. The lowest BCUT2D eigenvalue weighted by Crippen LogP contribution is -2.42. The van der Waals surface area contributed by atoms with Crippen LogP contribution in [-0.4, -0.2) is 33.8 Å². The zero-order valence-electron chi connectivity index (χ0n) is 11.7. The molecule has 0 unspecified atom stereocenters. The van der Waals surface area contributed by atoms with Gasteiger partial charge in [0.2, 0.25) is 5.95 Å². The Labute approximate surface area is 121 Å². The van der Waals surface area contributed by atoms with E-state index in [2.05, 4.69) is 33.3 Å². The molecule has 0 aromatic carbocycles. The third-order valence-electron chi connectivity index (χ3n) is 3.77. The molecule has 6 nitrogen and oxygen atoms in total. The third-order valence-corrected chi connectivity index (χ3v) is 4.71. The Bertz CT molecular complexity index is 629. The lowest BCUT2D eigenvalue weighted by atomic mass is 9.94. The maximum Gasteiger partial charge on any atom is 0.240 e. The Balaban J connectivity index is 2.01. The van der Waals surface area contributed by atoms with Crippen LogP contribution in [-0.2, 0) is 0 Å². The molecule has 0 aliphatic carbocycles. The fraction of sp³-hybridized carbons (Fsp3) is 0.538. The smallest absolute Gasteiger partial charge is 0.240 e. The summed E-state index contributed by atoms with van der Waals surface area (Å²) in [5, 5.41) is 11.1. The SMILES string of the molecule is Cc1cc2c(N3CCC(C)(O)CC3)nc(NN)nc2s1. The van der Waals surface area contributed by atoms with Gasteiger partial charge in [0.25, 0.3) is 0 Å². The molecule has 1 fully saturated rings. The summed E-state index contributed by atoms with van der Waals surface area (Å²) < 4.78 is 0. The van der Waals surface area contributed by atoms with Crippen molar-refractivity contribution in [2.75, 3.05) is 23.4 Å². The molecule has 0 bridgehead atoms. The molecule has 20 heavy (non-hydrogen) atoms. The predicted octanol–water partition coefficient (Wildman–Crippen LogP) is 1.64. The van der Waals surface area contributed by atoms with Crippen LogP contribution in [0.15, 0.2) is 6.07 Å². The molecule has 0 radical (unpaired) electrons. The van der Waals surface area contributed by atoms with E-state index in [1.54, 1.807) is 11.3 Å². The zero-order valence-corrected chi connectivity index (χ0v) is 12.5. The summed E-state index contributed by atoms with van der Waals surface area (Å²) in [4.78, 5) is 13.3. The molecule has 0 amide bonds. The molecule has 4 N–H and O–H groups in total. The van der Waals surface area contributed by atoms with Gasteiger partial charge in [0.05, 0.1) is 11.0 Å². The average molecular weight is 293 g/mol. The summed E-state index contributed by atoms with van der Waals surface area (Å²) in [6, 6.07) is 2.11. The van der Waals surface area contributed by atoms with Crippen LogP contribution in [0.5, 0.6) is 0 Å². The minimum Gasteiger partial charge on any atom is -0.390 e. The summed E-state index contributed by atoms with van der Waals surface area (Å²) in [5.74, 6) is 6.80. The highest BCUT2D eigenvalue weighted by molar-refractivity contribution is 7.18. The summed E-state index contributed by atoms with van der Waals surface area (Å²) in [6.45, 7) is 5.53. The number of hydrogen-bond donors (Lipinski definition) is 3. The number of nitrogen functional groups attached to an aromatic ring is 1. The van der Waals surface area contributed by atoms with Crippen molar-refractivity contribution < 1.29 is 5.11 Å². The second-order valence-electron chi connectivity index (χ2n) is 5.58. The number of nitrogens with two attached hydrogens (primary N) is 1. The van der Waals surface area contributed by atoms with Crippen molar-refractivity contribution >= 4 is 33.3 Å². The van der Waals surface area contributed by atoms with Gasteiger partial charge in [0, 0.05) is 18.0 Å². The third kappa shape index (κ3) is 2.44. The summed E-state index contributed by atoms with van der Waals surface area (Å²) in [6.07, 6.45) is 1.49. The van der Waals surface area contributed by atoms with Crippen molar-refractivity contribution in [3.8, 4) is 0 Å². The topological polar surface area (TPSA) is 87.3 Å². The van der Waals surface area contributed by atoms with E-state index >= 15 is 0 Å². The summed E-state index contributed by atoms with van der Waals surface area (Å²) in [7, 11) is 0. The minimum atomic E-state index is -0.567. The van der Waals surface area contributed by atoms with Crippen LogP contribution < -0.4 is 16.2 Å². The monoisotopic (exact) mass is 293 g/mol. The highest BCUT2D eigenvalue weighted by Gasteiger charge is 2.29. The number of piperidine rings is 1. The quantitative estimate of drug-likeness (QED) is 0.576. The number of rotatable bonds is 2. The highest BCUT2D eigenvalue weighted by atomic mass is 32.1. The zero-order chi connectivity index (χ0) is 14.3. The number of thiophene rings is 1. The first-order chi connectivity index (χ1) is 9.48. The van der Waals surface area contributed by atoms with Gasteiger partial charge < -0.3 is 10.0 Å². The molecule has 1 saturated heterocycles. The van der Waals surface area contributed by atoms with Gasteiger partial charge in [-0.05, 0) is 32.8 Å². The van der Waals surface area contributed by atoms with Crippen LogP contribution in [0, 0.1) is 6.92 Å². The molecule has 1 aliphatic rings.